The number of aromatic amines is 1. The van der Waals surface area contributed by atoms with Gasteiger partial charge in [0.2, 0.25) is 11.8 Å². The lowest BCUT2D eigenvalue weighted by molar-refractivity contribution is -0.131. The number of amides is 2. The summed E-state index contributed by atoms with van der Waals surface area (Å²) in [4.78, 5) is 43.0. The molecule has 1 aliphatic rings. The number of nitrogens with one attached hydrogen (secondary N) is 3. The van der Waals surface area contributed by atoms with Crippen LogP contribution in [0.15, 0.2) is 18.2 Å². The molecule has 0 saturated heterocycles. The Kier molecular flexibility index (Phi) is 7.70. The van der Waals surface area contributed by atoms with Gasteiger partial charge in [-0.15, -0.1) is 0 Å². The molecule has 3 atom stereocenters. The van der Waals surface area contributed by atoms with Gasteiger partial charge in [0.05, 0.1) is 31.7 Å². The van der Waals surface area contributed by atoms with Crippen LogP contribution in [0.1, 0.15) is 64.8 Å². The Morgan fingerprint density at radius 1 is 1.29 bits per heavy atom. The molecule has 8 heteroatoms. The maximum absolute atomic E-state index is 13.4. The third-order valence-electron chi connectivity index (χ3n) is 6.27. The van der Waals surface area contributed by atoms with Gasteiger partial charge in [0.1, 0.15) is 12.0 Å². The first-order valence-electron chi connectivity index (χ1n) is 11.9. The van der Waals surface area contributed by atoms with E-state index in [1.807, 2.05) is 46.0 Å². The number of likely N-dealkylation sites (N-methyl/N-ethyl adjacent to an activating group) is 1. The van der Waals surface area contributed by atoms with E-state index in [1.165, 1.54) is 0 Å². The van der Waals surface area contributed by atoms with Crippen molar-refractivity contribution in [3.63, 3.8) is 0 Å². The van der Waals surface area contributed by atoms with Crippen LogP contribution in [-0.4, -0.2) is 59.8 Å². The molecule has 2 aromatic rings. The molecule has 3 unspecified atom stereocenters. The molecule has 0 saturated carbocycles. The van der Waals surface area contributed by atoms with Gasteiger partial charge in [-0.1, -0.05) is 13.8 Å². The van der Waals surface area contributed by atoms with E-state index < -0.39 is 17.6 Å². The van der Waals surface area contributed by atoms with Crippen molar-refractivity contribution >= 4 is 29.0 Å². The number of nitrogens with zero attached hydrogens (tertiary/aromatic N) is 1. The van der Waals surface area contributed by atoms with Crippen molar-refractivity contribution < 1.29 is 19.1 Å². The van der Waals surface area contributed by atoms with Crippen molar-refractivity contribution in [2.45, 2.75) is 77.5 Å². The van der Waals surface area contributed by atoms with Crippen molar-refractivity contribution in [3.05, 3.63) is 29.5 Å². The number of methoxy groups -OCH3 is 1. The minimum Gasteiger partial charge on any atom is -0.497 e. The number of fused-ring (bicyclic) bond motifs is 3. The molecule has 186 valence electrons. The number of benzene rings is 1. The summed E-state index contributed by atoms with van der Waals surface area (Å²) in [6.07, 6.45) is 1.94. The van der Waals surface area contributed by atoms with Crippen LogP contribution in [0.4, 0.5) is 0 Å². The van der Waals surface area contributed by atoms with E-state index >= 15 is 0 Å². The Labute approximate surface area is 201 Å². The van der Waals surface area contributed by atoms with Crippen molar-refractivity contribution in [3.8, 4) is 5.75 Å². The second-order valence-electron chi connectivity index (χ2n) is 10.7. The number of hydrogen-bond donors (Lipinski definition) is 3. The summed E-state index contributed by atoms with van der Waals surface area (Å²) in [5.41, 5.74) is 2.82. The Balaban J connectivity index is 1.86. The third kappa shape index (κ3) is 5.78. The predicted molar refractivity (Wildman–Crippen MR) is 133 cm³/mol. The molecule has 0 radical (unpaired) electrons. The van der Waals surface area contributed by atoms with E-state index in [9.17, 15) is 14.4 Å². The van der Waals surface area contributed by atoms with Crippen molar-refractivity contribution in [2.75, 3.05) is 14.2 Å². The summed E-state index contributed by atoms with van der Waals surface area (Å²) in [5.74, 6) is 0.682. The van der Waals surface area contributed by atoms with Crippen LogP contribution >= 0.6 is 0 Å². The van der Waals surface area contributed by atoms with Gasteiger partial charge >= 0.3 is 0 Å². The zero-order chi connectivity index (χ0) is 25.2. The fourth-order valence-electron chi connectivity index (χ4n) is 4.73. The Bertz CT molecular complexity index is 1050. The molecule has 0 spiro atoms. The minimum absolute atomic E-state index is 0.0248. The highest BCUT2D eigenvalue weighted by Gasteiger charge is 2.38. The van der Waals surface area contributed by atoms with Gasteiger partial charge in [0, 0.05) is 28.2 Å². The largest absolute Gasteiger partial charge is 0.497 e. The zero-order valence-electron chi connectivity index (χ0n) is 21.3. The van der Waals surface area contributed by atoms with Gasteiger partial charge in [-0.25, -0.2) is 0 Å². The third-order valence-corrected chi connectivity index (χ3v) is 6.27. The highest BCUT2D eigenvalue weighted by molar-refractivity contribution is 5.91. The van der Waals surface area contributed by atoms with Crippen LogP contribution in [0.3, 0.4) is 0 Å². The lowest BCUT2D eigenvalue weighted by atomic mass is 9.87. The summed E-state index contributed by atoms with van der Waals surface area (Å²) < 4.78 is 5.38. The first-order valence-corrected chi connectivity index (χ1v) is 11.9. The summed E-state index contributed by atoms with van der Waals surface area (Å²) in [6, 6.07) is 4.63. The maximum Gasteiger partial charge on any atom is 0.238 e. The Morgan fingerprint density at radius 2 is 2.00 bits per heavy atom. The lowest BCUT2D eigenvalue weighted by Crippen LogP contribution is -2.54. The quantitative estimate of drug-likeness (QED) is 0.515. The normalized spacial score (nSPS) is 19.5. The van der Waals surface area contributed by atoms with Gasteiger partial charge in [-0.05, 0) is 64.3 Å². The van der Waals surface area contributed by atoms with Gasteiger partial charge in [0.15, 0.2) is 0 Å². The van der Waals surface area contributed by atoms with Crippen molar-refractivity contribution in [1.29, 1.82) is 0 Å². The first-order chi connectivity index (χ1) is 15.9. The summed E-state index contributed by atoms with van der Waals surface area (Å²) >= 11 is 0. The minimum atomic E-state index is -0.875. The van der Waals surface area contributed by atoms with Crippen LogP contribution in [-0.2, 0) is 20.8 Å². The van der Waals surface area contributed by atoms with Crippen LogP contribution < -0.4 is 15.4 Å². The second kappa shape index (κ2) is 10.2. The van der Waals surface area contributed by atoms with Gasteiger partial charge in [-0.3, -0.25) is 14.5 Å². The molecule has 34 heavy (non-hydrogen) atoms. The number of rotatable bonds is 8. The fraction of sp³-hybridized carbons (Fsp3) is 0.577. The van der Waals surface area contributed by atoms with Gasteiger partial charge in [-0.2, -0.15) is 0 Å². The smallest absolute Gasteiger partial charge is 0.238 e. The van der Waals surface area contributed by atoms with E-state index in [0.29, 0.717) is 18.6 Å². The second-order valence-corrected chi connectivity index (χ2v) is 10.7. The molecule has 8 nitrogen and oxygen atoms in total. The molecule has 2 heterocycles. The van der Waals surface area contributed by atoms with E-state index in [-0.39, 0.29) is 24.3 Å². The molecule has 3 rings (SSSR count). The molecule has 3 N–H and O–H groups in total. The number of carbonyl (C=O) groups is 3. The van der Waals surface area contributed by atoms with Crippen LogP contribution in [0.2, 0.25) is 0 Å². The lowest BCUT2D eigenvalue weighted by Gasteiger charge is -2.39. The molecule has 2 amide bonds. The van der Waals surface area contributed by atoms with Crippen LogP contribution in [0.25, 0.3) is 10.9 Å². The number of aromatic nitrogens is 1. The first kappa shape index (κ1) is 25.7. The number of carbonyl (C=O) groups excluding carboxylic acids is 3. The molecule has 1 aromatic carbocycles. The highest BCUT2D eigenvalue weighted by atomic mass is 16.5. The number of ether oxygens (including phenoxy) is 1. The predicted octanol–water partition coefficient (Wildman–Crippen LogP) is 3.11. The molecule has 1 aromatic heterocycles. The van der Waals surface area contributed by atoms with E-state index in [4.69, 9.17) is 4.74 Å². The van der Waals surface area contributed by atoms with Crippen molar-refractivity contribution in [2.24, 2.45) is 5.92 Å². The van der Waals surface area contributed by atoms with E-state index in [0.717, 1.165) is 34.3 Å². The van der Waals surface area contributed by atoms with Gasteiger partial charge in [0.25, 0.3) is 0 Å². The number of aldehydes is 1. The summed E-state index contributed by atoms with van der Waals surface area (Å²) in [7, 11) is 3.60. The molecular weight excluding hydrogens is 432 g/mol. The monoisotopic (exact) mass is 470 g/mol. The Morgan fingerprint density at radius 3 is 2.59 bits per heavy atom. The topological polar surface area (TPSA) is 104 Å². The fourth-order valence-corrected chi connectivity index (χ4v) is 4.73. The average molecular weight is 471 g/mol. The molecule has 0 fully saturated rings. The molecule has 0 bridgehead atoms. The molecular formula is C26H38N4O4. The SMILES string of the molecule is COc1ccc2c3c([nH]c2c1)C(CC(C)C)N(C)C(C(=O)NC(C=O)CC(=O)NC(C)(C)C)C3. The van der Waals surface area contributed by atoms with E-state index in [2.05, 4.69) is 34.4 Å². The van der Waals surface area contributed by atoms with Crippen LogP contribution in [0.5, 0.6) is 5.75 Å². The number of hydrogen-bond acceptors (Lipinski definition) is 5. The Hall–Kier alpha value is -2.87. The van der Waals surface area contributed by atoms with Gasteiger partial charge < -0.3 is 25.1 Å². The van der Waals surface area contributed by atoms with Crippen LogP contribution in [0, 0.1) is 5.92 Å². The van der Waals surface area contributed by atoms with Crippen molar-refractivity contribution in [1.82, 2.24) is 20.5 Å². The average Bonchev–Trinajstić information content (AvgIpc) is 3.10. The summed E-state index contributed by atoms with van der Waals surface area (Å²) in [6.45, 7) is 9.96. The molecule has 0 aliphatic carbocycles. The maximum atomic E-state index is 13.4. The highest BCUT2D eigenvalue weighted by Crippen LogP contribution is 2.40. The standard InChI is InChI=1S/C26H38N4O4/c1-15(2)10-21-24-19(18-9-8-17(34-7)12-20(18)28-24)13-22(30(21)6)25(33)27-16(14-31)11-23(32)29-26(3,4)5/h8-9,12,14-16,21-22,28H,10-11,13H2,1-7H3,(H,27,33)(H,29,32). The molecule has 1 aliphatic heterocycles. The summed E-state index contributed by atoms with van der Waals surface area (Å²) in [5, 5.41) is 6.72. The van der Waals surface area contributed by atoms with E-state index in [1.54, 1.807) is 7.11 Å². The zero-order valence-corrected chi connectivity index (χ0v) is 21.3. The number of H-pyrrole nitrogens is 1.